The van der Waals surface area contributed by atoms with E-state index in [1.54, 1.807) is 6.92 Å². The fourth-order valence-corrected chi connectivity index (χ4v) is 2.49. The first-order chi connectivity index (χ1) is 6.76. The minimum Gasteiger partial charge on any atom is -0.315 e. The molecule has 0 aromatic carbocycles. The molecule has 1 aliphatic carbocycles. The summed E-state index contributed by atoms with van der Waals surface area (Å²) < 4.78 is 0. The van der Waals surface area contributed by atoms with E-state index in [2.05, 4.69) is 23.5 Å². The third-order valence-electron chi connectivity index (χ3n) is 3.46. The molecule has 0 radical (unpaired) electrons. The van der Waals surface area contributed by atoms with Crippen LogP contribution in [0.4, 0.5) is 0 Å². The first-order valence-electron chi connectivity index (χ1n) is 5.34. The Kier molecular flexibility index (Phi) is 2.55. The van der Waals surface area contributed by atoms with Gasteiger partial charge < -0.3 is 5.32 Å². The van der Waals surface area contributed by atoms with Crippen molar-refractivity contribution in [2.24, 2.45) is 5.41 Å². The number of ketones is 1. The van der Waals surface area contributed by atoms with Crippen LogP contribution in [0.15, 0.2) is 23.8 Å². The van der Waals surface area contributed by atoms with Gasteiger partial charge >= 0.3 is 0 Å². The Hall–Kier alpha value is -0.890. The average molecular weight is 191 g/mol. The van der Waals surface area contributed by atoms with Gasteiger partial charge in [0.25, 0.3) is 0 Å². The third kappa shape index (κ3) is 1.44. The molecule has 0 aromatic rings. The molecule has 14 heavy (non-hydrogen) atoms. The van der Waals surface area contributed by atoms with Crippen molar-refractivity contribution in [3.63, 3.8) is 0 Å². The van der Waals surface area contributed by atoms with E-state index in [0.717, 1.165) is 32.4 Å². The van der Waals surface area contributed by atoms with Crippen LogP contribution in [-0.2, 0) is 4.79 Å². The summed E-state index contributed by atoms with van der Waals surface area (Å²) in [5, 5.41) is 3.31. The molecular formula is C12H17NO. The molecule has 1 atom stereocenters. The van der Waals surface area contributed by atoms with Gasteiger partial charge in [-0.05, 0) is 32.7 Å². The molecule has 2 aliphatic rings. The Morgan fingerprint density at radius 2 is 2.43 bits per heavy atom. The molecule has 2 rings (SSSR count). The summed E-state index contributed by atoms with van der Waals surface area (Å²) in [5.41, 5.74) is 1.16. The molecule has 0 aromatic heterocycles. The molecule has 2 heteroatoms. The average Bonchev–Trinajstić information content (AvgIpc) is 2.69. The van der Waals surface area contributed by atoms with Gasteiger partial charge in [-0.3, -0.25) is 4.79 Å². The van der Waals surface area contributed by atoms with Crippen LogP contribution in [0.1, 0.15) is 26.2 Å². The van der Waals surface area contributed by atoms with Crippen molar-refractivity contribution in [3.05, 3.63) is 23.8 Å². The van der Waals surface area contributed by atoms with Gasteiger partial charge in [0, 0.05) is 6.54 Å². The lowest BCUT2D eigenvalue weighted by atomic mass is 9.73. The van der Waals surface area contributed by atoms with Gasteiger partial charge in [-0.2, -0.15) is 0 Å². The highest BCUT2D eigenvalue weighted by molar-refractivity contribution is 5.86. The number of Topliss-reactive ketones (excluding diaryl/α,β-unsaturated/α-hetero) is 1. The smallest absolute Gasteiger partial charge is 0.141 e. The third-order valence-corrected chi connectivity index (χ3v) is 3.46. The van der Waals surface area contributed by atoms with Crippen LogP contribution >= 0.6 is 0 Å². The van der Waals surface area contributed by atoms with Gasteiger partial charge in [-0.25, -0.2) is 0 Å². The lowest BCUT2D eigenvalue weighted by Gasteiger charge is -2.29. The number of carbonyl (C=O) groups excluding carboxylic acids is 1. The van der Waals surface area contributed by atoms with Crippen molar-refractivity contribution in [2.45, 2.75) is 26.2 Å². The summed E-state index contributed by atoms with van der Waals surface area (Å²) in [4.78, 5) is 11.8. The van der Waals surface area contributed by atoms with E-state index in [1.807, 2.05) is 0 Å². The Balaban J connectivity index is 2.30. The fourth-order valence-electron chi connectivity index (χ4n) is 2.49. The van der Waals surface area contributed by atoms with Crippen LogP contribution in [0.2, 0.25) is 0 Å². The number of nitrogens with one attached hydrogen (secondary N) is 1. The van der Waals surface area contributed by atoms with Crippen molar-refractivity contribution in [1.82, 2.24) is 5.32 Å². The molecule has 1 aliphatic heterocycles. The topological polar surface area (TPSA) is 29.1 Å². The van der Waals surface area contributed by atoms with Crippen LogP contribution in [0.25, 0.3) is 0 Å². The number of rotatable bonds is 2. The maximum absolute atomic E-state index is 11.8. The summed E-state index contributed by atoms with van der Waals surface area (Å²) >= 11 is 0. The minimum absolute atomic E-state index is 0.176. The number of hydrogen-bond acceptors (Lipinski definition) is 2. The Labute approximate surface area is 85.1 Å². The molecule has 0 amide bonds. The highest BCUT2D eigenvalue weighted by Gasteiger charge is 2.41. The highest BCUT2D eigenvalue weighted by atomic mass is 16.1. The molecule has 1 fully saturated rings. The summed E-state index contributed by atoms with van der Waals surface area (Å²) in [5.74, 6) is 0.323. The van der Waals surface area contributed by atoms with Gasteiger partial charge in [-0.15, -0.1) is 0 Å². The highest BCUT2D eigenvalue weighted by Crippen LogP contribution is 2.38. The second-order valence-electron chi connectivity index (χ2n) is 4.22. The van der Waals surface area contributed by atoms with Gasteiger partial charge in [0.05, 0.1) is 5.41 Å². The molecule has 0 saturated carbocycles. The Morgan fingerprint density at radius 1 is 1.57 bits per heavy atom. The first-order valence-corrected chi connectivity index (χ1v) is 5.34. The van der Waals surface area contributed by atoms with Crippen LogP contribution in [0.5, 0.6) is 0 Å². The maximum Gasteiger partial charge on any atom is 0.141 e. The van der Waals surface area contributed by atoms with Crippen LogP contribution in [-0.4, -0.2) is 18.9 Å². The lowest BCUT2D eigenvalue weighted by Crippen LogP contribution is -2.34. The SMILES string of the molecule is CC(=O)[C@]1(C2=CC=CCC2)CCNC1. The van der Waals surface area contributed by atoms with Crippen LogP contribution in [0, 0.1) is 5.41 Å². The number of allylic oxidation sites excluding steroid dienone is 3. The maximum atomic E-state index is 11.8. The molecule has 1 N–H and O–H groups in total. The van der Waals surface area contributed by atoms with E-state index in [9.17, 15) is 4.79 Å². The number of hydrogen-bond donors (Lipinski definition) is 1. The van der Waals surface area contributed by atoms with Gasteiger partial charge in [-0.1, -0.05) is 23.8 Å². The van der Waals surface area contributed by atoms with E-state index < -0.39 is 0 Å². The van der Waals surface area contributed by atoms with Gasteiger partial charge in [0.15, 0.2) is 0 Å². The quantitative estimate of drug-likeness (QED) is 0.721. The second-order valence-corrected chi connectivity index (χ2v) is 4.22. The molecule has 0 unspecified atom stereocenters. The monoisotopic (exact) mass is 191 g/mol. The molecule has 76 valence electrons. The predicted molar refractivity (Wildman–Crippen MR) is 57.1 cm³/mol. The van der Waals surface area contributed by atoms with E-state index in [-0.39, 0.29) is 5.41 Å². The standard InChI is InChI=1S/C12H17NO/c1-10(14)12(7-8-13-9-12)11-5-3-2-4-6-11/h2-3,5,13H,4,6-9H2,1H3/t12-/m0/s1. The van der Waals surface area contributed by atoms with Crippen molar-refractivity contribution in [2.75, 3.05) is 13.1 Å². The lowest BCUT2D eigenvalue weighted by molar-refractivity contribution is -0.123. The molecule has 2 nitrogen and oxygen atoms in total. The molecule has 0 spiro atoms. The second kappa shape index (κ2) is 3.70. The normalized spacial score (nSPS) is 31.6. The largest absolute Gasteiger partial charge is 0.315 e. The van der Waals surface area contributed by atoms with E-state index in [1.165, 1.54) is 5.57 Å². The Morgan fingerprint density at radius 3 is 2.93 bits per heavy atom. The zero-order valence-corrected chi connectivity index (χ0v) is 8.68. The van der Waals surface area contributed by atoms with Crippen molar-refractivity contribution >= 4 is 5.78 Å². The zero-order valence-electron chi connectivity index (χ0n) is 8.68. The summed E-state index contributed by atoms with van der Waals surface area (Å²) in [6.07, 6.45) is 9.50. The molecular weight excluding hydrogens is 174 g/mol. The summed E-state index contributed by atoms with van der Waals surface area (Å²) in [6, 6.07) is 0. The van der Waals surface area contributed by atoms with Gasteiger partial charge in [0.2, 0.25) is 0 Å². The van der Waals surface area contributed by atoms with Crippen molar-refractivity contribution in [1.29, 1.82) is 0 Å². The van der Waals surface area contributed by atoms with Crippen LogP contribution < -0.4 is 5.32 Å². The van der Waals surface area contributed by atoms with E-state index in [0.29, 0.717) is 5.78 Å². The zero-order chi connectivity index (χ0) is 10.0. The summed E-state index contributed by atoms with van der Waals surface area (Å²) in [6.45, 7) is 3.54. The minimum atomic E-state index is -0.176. The molecule has 1 heterocycles. The number of carbonyl (C=O) groups is 1. The van der Waals surface area contributed by atoms with Crippen LogP contribution in [0.3, 0.4) is 0 Å². The Bertz CT molecular complexity index is 295. The molecule has 1 saturated heterocycles. The van der Waals surface area contributed by atoms with Gasteiger partial charge in [0.1, 0.15) is 5.78 Å². The van der Waals surface area contributed by atoms with E-state index in [4.69, 9.17) is 0 Å². The fraction of sp³-hybridized carbons (Fsp3) is 0.583. The summed E-state index contributed by atoms with van der Waals surface area (Å²) in [7, 11) is 0. The van der Waals surface area contributed by atoms with Crippen molar-refractivity contribution < 1.29 is 4.79 Å². The van der Waals surface area contributed by atoms with Crippen molar-refractivity contribution in [3.8, 4) is 0 Å². The van der Waals surface area contributed by atoms with E-state index >= 15 is 0 Å². The first kappa shape index (κ1) is 9.66. The predicted octanol–water partition coefficient (Wildman–Crippen LogP) is 1.83. The molecule has 0 bridgehead atoms.